The zero-order valence-corrected chi connectivity index (χ0v) is 12.2. The van der Waals surface area contributed by atoms with E-state index in [1.54, 1.807) is 12.2 Å². The van der Waals surface area contributed by atoms with Crippen LogP contribution in [-0.4, -0.2) is 5.16 Å². The van der Waals surface area contributed by atoms with Crippen LogP contribution in [0.3, 0.4) is 0 Å². The Bertz CT molecular complexity index is 394. The molecule has 0 amide bonds. The van der Waals surface area contributed by atoms with Crippen molar-refractivity contribution in [2.24, 2.45) is 5.92 Å². The molecule has 1 aromatic heterocycles. The molecule has 0 atom stereocenters. The van der Waals surface area contributed by atoms with Crippen LogP contribution in [0, 0.1) is 5.92 Å². The van der Waals surface area contributed by atoms with Gasteiger partial charge in [-0.3, -0.25) is 0 Å². The van der Waals surface area contributed by atoms with Crippen molar-refractivity contribution in [1.29, 1.82) is 0 Å². The largest absolute Gasteiger partial charge is 0.356 e. The maximum Gasteiger partial charge on any atom is 0.166 e. The fourth-order valence-electron chi connectivity index (χ4n) is 1.22. The summed E-state index contributed by atoms with van der Waals surface area (Å²) in [7, 11) is 0. The molecule has 0 aromatic carbocycles. The van der Waals surface area contributed by atoms with E-state index in [9.17, 15) is 0 Å². The van der Waals surface area contributed by atoms with Gasteiger partial charge in [-0.2, -0.15) is 0 Å². The van der Waals surface area contributed by atoms with E-state index in [-0.39, 0.29) is 0 Å². The van der Waals surface area contributed by atoms with Crippen molar-refractivity contribution in [3.05, 3.63) is 42.3 Å². The van der Waals surface area contributed by atoms with Gasteiger partial charge in [0.2, 0.25) is 0 Å². The molecule has 0 saturated heterocycles. The number of aromatic nitrogens is 1. The normalized spacial score (nSPS) is 10.6. The average molecular weight is 247 g/mol. The zero-order valence-electron chi connectivity index (χ0n) is 12.2. The zero-order chi connectivity index (χ0) is 14.1. The molecule has 100 valence electrons. The monoisotopic (exact) mass is 247 g/mol. The quantitative estimate of drug-likeness (QED) is 0.674. The molecule has 1 rings (SSSR count). The van der Waals surface area contributed by atoms with Gasteiger partial charge in [0.25, 0.3) is 0 Å². The van der Waals surface area contributed by atoms with E-state index >= 15 is 0 Å². The predicted molar refractivity (Wildman–Crippen MR) is 80.4 cm³/mol. The summed E-state index contributed by atoms with van der Waals surface area (Å²) in [6.45, 7) is 18.0. The molecule has 0 N–H and O–H groups in total. The molecule has 0 unspecified atom stereocenters. The Labute approximate surface area is 111 Å². The van der Waals surface area contributed by atoms with E-state index in [1.807, 2.05) is 12.2 Å². The van der Waals surface area contributed by atoms with Crippen molar-refractivity contribution >= 4 is 12.2 Å². The van der Waals surface area contributed by atoms with E-state index in [0.29, 0.717) is 11.7 Å². The first-order valence-electron chi connectivity index (χ1n) is 6.35. The molecule has 0 radical (unpaired) electrons. The molecule has 0 saturated carbocycles. The number of hydrogen-bond acceptors (Lipinski definition) is 2. The van der Waals surface area contributed by atoms with Crippen LogP contribution in [0.25, 0.3) is 12.2 Å². The number of nitrogens with zero attached hydrogens (tertiary/aromatic N) is 1. The second-order valence-corrected chi connectivity index (χ2v) is 5.03. The Morgan fingerprint density at radius 2 is 1.67 bits per heavy atom. The highest BCUT2D eigenvalue weighted by Gasteiger charge is 2.13. The van der Waals surface area contributed by atoms with Crippen LogP contribution in [0.5, 0.6) is 0 Å². The van der Waals surface area contributed by atoms with Gasteiger partial charge < -0.3 is 4.52 Å². The van der Waals surface area contributed by atoms with Gasteiger partial charge in [-0.15, -0.1) is 0 Å². The fraction of sp³-hybridized carbons (Fsp3) is 0.438. The molecule has 0 bridgehead atoms. The van der Waals surface area contributed by atoms with Crippen LogP contribution >= 0.6 is 0 Å². The number of rotatable bonds is 4. The highest BCUT2D eigenvalue weighted by atomic mass is 16.5. The average Bonchev–Trinajstić information content (AvgIpc) is 2.68. The Balaban J connectivity index is 0.000000631. The summed E-state index contributed by atoms with van der Waals surface area (Å²) in [5.74, 6) is 1.89. The molecule has 0 spiro atoms. The van der Waals surface area contributed by atoms with E-state index in [0.717, 1.165) is 17.2 Å². The minimum absolute atomic E-state index is 0.344. The predicted octanol–water partition coefficient (Wildman–Crippen LogP) is 5.30. The molecule has 2 heteroatoms. The second kappa shape index (κ2) is 8.51. The van der Waals surface area contributed by atoms with Gasteiger partial charge in [0.1, 0.15) is 0 Å². The van der Waals surface area contributed by atoms with E-state index < -0.39 is 0 Å². The molecule has 0 aliphatic heterocycles. The molecule has 0 fully saturated rings. The van der Waals surface area contributed by atoms with Gasteiger partial charge in [0.05, 0.1) is 5.69 Å². The van der Waals surface area contributed by atoms with Crippen molar-refractivity contribution in [3.8, 4) is 0 Å². The molecular formula is C16H25NO. The van der Waals surface area contributed by atoms with Gasteiger partial charge in [-0.25, -0.2) is 0 Å². The minimum atomic E-state index is 0.344. The summed E-state index contributed by atoms with van der Waals surface area (Å²) in [5, 5.41) is 4.01. The third-order valence-corrected chi connectivity index (χ3v) is 1.91. The van der Waals surface area contributed by atoms with Crippen molar-refractivity contribution < 1.29 is 4.52 Å². The summed E-state index contributed by atoms with van der Waals surface area (Å²) < 4.78 is 5.15. The van der Waals surface area contributed by atoms with Crippen LogP contribution in [0.4, 0.5) is 0 Å². The topological polar surface area (TPSA) is 26.0 Å². The van der Waals surface area contributed by atoms with Gasteiger partial charge in [-0.05, 0) is 24.0 Å². The second-order valence-electron chi connectivity index (χ2n) is 5.03. The molecule has 18 heavy (non-hydrogen) atoms. The number of hydrogen-bond donors (Lipinski definition) is 0. The Morgan fingerprint density at radius 1 is 1.11 bits per heavy atom. The smallest absolute Gasteiger partial charge is 0.166 e. The van der Waals surface area contributed by atoms with Crippen LogP contribution in [-0.2, 0) is 0 Å². The van der Waals surface area contributed by atoms with Crippen LogP contribution in [0.15, 0.2) is 29.8 Å². The molecule has 1 heterocycles. The maximum atomic E-state index is 5.15. The van der Waals surface area contributed by atoms with Gasteiger partial charge in [-0.1, -0.05) is 65.1 Å². The summed E-state index contributed by atoms with van der Waals surface area (Å²) in [6, 6.07) is 0. The lowest BCUT2D eigenvalue weighted by Crippen LogP contribution is -1.90. The summed E-state index contributed by atoms with van der Waals surface area (Å²) in [6.07, 6.45) is 7.20. The molecule has 2 nitrogen and oxygen atoms in total. The van der Waals surface area contributed by atoms with Gasteiger partial charge in [0, 0.05) is 5.56 Å². The third-order valence-electron chi connectivity index (χ3n) is 1.91. The first-order valence-corrected chi connectivity index (χ1v) is 6.35. The van der Waals surface area contributed by atoms with Crippen molar-refractivity contribution in [1.82, 2.24) is 5.16 Å². The maximum absolute atomic E-state index is 5.15. The lowest BCUT2D eigenvalue weighted by atomic mass is 10.0. The SMILES string of the molecule is C=C/C=C\c1c(C(C)C)noc1C=C.CC(C)C. The van der Waals surface area contributed by atoms with Gasteiger partial charge >= 0.3 is 0 Å². The van der Waals surface area contributed by atoms with Crippen LogP contribution in [0.1, 0.15) is 57.6 Å². The molecular weight excluding hydrogens is 222 g/mol. The van der Waals surface area contributed by atoms with Gasteiger partial charge in [0.15, 0.2) is 5.76 Å². The van der Waals surface area contributed by atoms with E-state index in [2.05, 4.69) is 52.9 Å². The van der Waals surface area contributed by atoms with Crippen LogP contribution in [0.2, 0.25) is 0 Å². The fourth-order valence-corrected chi connectivity index (χ4v) is 1.22. The lowest BCUT2D eigenvalue weighted by Gasteiger charge is -1.99. The number of allylic oxidation sites excluding steroid dienone is 2. The highest BCUT2D eigenvalue weighted by molar-refractivity contribution is 5.63. The Hall–Kier alpha value is -1.57. The standard InChI is InChI=1S/C12H15NO.C4H10/c1-5-7-8-10-11(6-2)14-13-12(10)9(3)4;1-4(2)3/h5-9H,1-2H2,3-4H3;4H,1-3H3/b8-7-;. The van der Waals surface area contributed by atoms with E-state index in [4.69, 9.17) is 4.52 Å². The Morgan fingerprint density at radius 3 is 2.06 bits per heavy atom. The summed E-state index contributed by atoms with van der Waals surface area (Å²) in [5.41, 5.74) is 1.95. The van der Waals surface area contributed by atoms with Crippen molar-refractivity contribution in [2.75, 3.05) is 0 Å². The molecule has 1 aromatic rings. The molecule has 0 aliphatic carbocycles. The highest BCUT2D eigenvalue weighted by Crippen LogP contribution is 2.23. The minimum Gasteiger partial charge on any atom is -0.356 e. The Kier molecular flexibility index (Phi) is 7.77. The first-order chi connectivity index (χ1) is 8.43. The van der Waals surface area contributed by atoms with Crippen LogP contribution < -0.4 is 0 Å². The summed E-state index contributed by atoms with van der Waals surface area (Å²) >= 11 is 0. The van der Waals surface area contributed by atoms with E-state index in [1.165, 1.54) is 0 Å². The third kappa shape index (κ3) is 5.67. The lowest BCUT2D eigenvalue weighted by molar-refractivity contribution is 0.402. The first kappa shape index (κ1) is 16.4. The van der Waals surface area contributed by atoms with Crippen molar-refractivity contribution in [2.45, 2.75) is 40.5 Å². The van der Waals surface area contributed by atoms with Crippen molar-refractivity contribution in [3.63, 3.8) is 0 Å². The molecule has 0 aliphatic rings. The summed E-state index contributed by atoms with van der Waals surface area (Å²) in [4.78, 5) is 0.